The van der Waals surface area contributed by atoms with Gasteiger partial charge in [-0.1, -0.05) is 36.2 Å². The Morgan fingerprint density at radius 3 is 2.55 bits per heavy atom. The highest BCUT2D eigenvalue weighted by molar-refractivity contribution is 5.24. The SMILES string of the molecule is Cc1ccc(C2CCCCN2CC2CCNCC2)cc1. The lowest BCUT2D eigenvalue weighted by Crippen LogP contribution is -2.40. The molecule has 0 aliphatic carbocycles. The second-order valence-electron chi connectivity index (χ2n) is 6.61. The number of nitrogens with zero attached hydrogens (tertiary/aromatic N) is 1. The molecule has 3 rings (SSSR count). The van der Waals surface area contributed by atoms with Crippen LogP contribution in [0.2, 0.25) is 0 Å². The molecule has 2 heterocycles. The van der Waals surface area contributed by atoms with Crippen molar-refractivity contribution in [1.29, 1.82) is 0 Å². The van der Waals surface area contributed by atoms with Gasteiger partial charge in [0, 0.05) is 12.6 Å². The van der Waals surface area contributed by atoms with Crippen LogP contribution in [0.25, 0.3) is 0 Å². The molecule has 1 unspecified atom stereocenters. The van der Waals surface area contributed by atoms with Gasteiger partial charge in [0.05, 0.1) is 0 Å². The molecule has 20 heavy (non-hydrogen) atoms. The Balaban J connectivity index is 1.68. The lowest BCUT2D eigenvalue weighted by atomic mass is 9.91. The largest absolute Gasteiger partial charge is 0.317 e. The highest BCUT2D eigenvalue weighted by Gasteiger charge is 2.26. The predicted octanol–water partition coefficient (Wildman–Crippen LogP) is 3.52. The van der Waals surface area contributed by atoms with E-state index in [0.29, 0.717) is 6.04 Å². The fourth-order valence-electron chi connectivity index (χ4n) is 3.77. The van der Waals surface area contributed by atoms with Gasteiger partial charge < -0.3 is 5.32 Å². The summed E-state index contributed by atoms with van der Waals surface area (Å²) in [4.78, 5) is 2.77. The van der Waals surface area contributed by atoms with Gasteiger partial charge in [0.25, 0.3) is 0 Å². The second-order valence-corrected chi connectivity index (χ2v) is 6.61. The molecule has 2 nitrogen and oxygen atoms in total. The van der Waals surface area contributed by atoms with E-state index in [1.165, 1.54) is 69.4 Å². The molecule has 1 aromatic carbocycles. The molecular weight excluding hydrogens is 244 g/mol. The summed E-state index contributed by atoms with van der Waals surface area (Å²) < 4.78 is 0. The molecule has 0 bridgehead atoms. The van der Waals surface area contributed by atoms with Crippen LogP contribution < -0.4 is 5.32 Å². The fourth-order valence-corrected chi connectivity index (χ4v) is 3.77. The van der Waals surface area contributed by atoms with Crippen LogP contribution in [-0.4, -0.2) is 31.1 Å². The first-order valence-electron chi connectivity index (χ1n) is 8.34. The molecule has 0 amide bonds. The molecule has 1 atom stereocenters. The second kappa shape index (κ2) is 6.73. The lowest BCUT2D eigenvalue weighted by Gasteiger charge is -2.39. The number of hydrogen-bond donors (Lipinski definition) is 1. The van der Waals surface area contributed by atoms with Crippen LogP contribution in [0.5, 0.6) is 0 Å². The summed E-state index contributed by atoms with van der Waals surface area (Å²) in [5.41, 5.74) is 2.90. The Bertz CT molecular complexity index is 406. The van der Waals surface area contributed by atoms with E-state index < -0.39 is 0 Å². The Kier molecular flexibility index (Phi) is 4.74. The summed E-state index contributed by atoms with van der Waals surface area (Å²) in [7, 11) is 0. The molecule has 0 saturated carbocycles. The Labute approximate surface area is 123 Å². The summed E-state index contributed by atoms with van der Waals surface area (Å²) in [6.45, 7) is 7.21. The number of piperidine rings is 2. The maximum atomic E-state index is 3.48. The van der Waals surface area contributed by atoms with E-state index in [-0.39, 0.29) is 0 Å². The summed E-state index contributed by atoms with van der Waals surface area (Å²) in [5, 5.41) is 3.48. The van der Waals surface area contributed by atoms with E-state index in [0.717, 1.165) is 5.92 Å². The van der Waals surface area contributed by atoms with Crippen LogP contribution in [0.1, 0.15) is 49.3 Å². The van der Waals surface area contributed by atoms with Crippen LogP contribution >= 0.6 is 0 Å². The van der Waals surface area contributed by atoms with Crippen molar-refractivity contribution in [2.75, 3.05) is 26.2 Å². The number of aryl methyl sites for hydroxylation is 1. The summed E-state index contributed by atoms with van der Waals surface area (Å²) >= 11 is 0. The molecule has 0 spiro atoms. The van der Waals surface area contributed by atoms with Crippen molar-refractivity contribution in [2.45, 2.75) is 45.1 Å². The zero-order valence-electron chi connectivity index (χ0n) is 12.8. The smallest absolute Gasteiger partial charge is 0.0348 e. The number of hydrogen-bond acceptors (Lipinski definition) is 2. The first-order chi connectivity index (χ1) is 9.83. The van der Waals surface area contributed by atoms with E-state index in [1.54, 1.807) is 0 Å². The van der Waals surface area contributed by atoms with Crippen molar-refractivity contribution >= 4 is 0 Å². The van der Waals surface area contributed by atoms with Crippen LogP contribution in [0.15, 0.2) is 24.3 Å². The summed E-state index contributed by atoms with van der Waals surface area (Å²) in [5.74, 6) is 0.905. The molecule has 0 aromatic heterocycles. The van der Waals surface area contributed by atoms with E-state index >= 15 is 0 Å². The average Bonchev–Trinajstić information content (AvgIpc) is 2.50. The number of nitrogens with one attached hydrogen (secondary N) is 1. The van der Waals surface area contributed by atoms with Crippen molar-refractivity contribution in [3.05, 3.63) is 35.4 Å². The molecule has 2 heteroatoms. The number of rotatable bonds is 3. The molecule has 1 N–H and O–H groups in total. The zero-order valence-corrected chi connectivity index (χ0v) is 12.8. The number of benzene rings is 1. The third kappa shape index (κ3) is 3.42. The normalized spacial score (nSPS) is 25.8. The molecule has 2 aliphatic rings. The topological polar surface area (TPSA) is 15.3 Å². The van der Waals surface area contributed by atoms with Crippen LogP contribution in [0, 0.1) is 12.8 Å². The molecule has 2 fully saturated rings. The van der Waals surface area contributed by atoms with Crippen LogP contribution in [0.4, 0.5) is 0 Å². The Morgan fingerprint density at radius 2 is 1.80 bits per heavy atom. The molecule has 1 aromatic rings. The van der Waals surface area contributed by atoms with Gasteiger partial charge in [0.2, 0.25) is 0 Å². The Hall–Kier alpha value is -0.860. The van der Waals surface area contributed by atoms with Gasteiger partial charge in [0.1, 0.15) is 0 Å². The maximum absolute atomic E-state index is 3.48. The van der Waals surface area contributed by atoms with Crippen molar-refractivity contribution in [1.82, 2.24) is 10.2 Å². The van der Waals surface area contributed by atoms with Gasteiger partial charge in [-0.2, -0.15) is 0 Å². The highest BCUT2D eigenvalue weighted by atomic mass is 15.2. The van der Waals surface area contributed by atoms with Crippen LogP contribution in [0.3, 0.4) is 0 Å². The van der Waals surface area contributed by atoms with Crippen molar-refractivity contribution in [3.8, 4) is 0 Å². The molecule has 2 saturated heterocycles. The van der Waals surface area contributed by atoms with Gasteiger partial charge in [-0.3, -0.25) is 4.90 Å². The van der Waals surface area contributed by atoms with E-state index in [2.05, 4.69) is 41.4 Å². The first kappa shape index (κ1) is 14.1. The molecule has 0 radical (unpaired) electrons. The Morgan fingerprint density at radius 1 is 1.05 bits per heavy atom. The minimum Gasteiger partial charge on any atom is -0.317 e. The third-order valence-electron chi connectivity index (χ3n) is 5.03. The zero-order chi connectivity index (χ0) is 13.8. The van der Waals surface area contributed by atoms with Crippen molar-refractivity contribution < 1.29 is 0 Å². The standard InChI is InChI=1S/C18H28N2/c1-15-5-7-17(8-6-15)18-4-2-3-13-20(18)14-16-9-11-19-12-10-16/h5-8,16,18-19H,2-4,9-14H2,1H3. The lowest BCUT2D eigenvalue weighted by molar-refractivity contribution is 0.115. The molecular formula is C18H28N2. The van der Waals surface area contributed by atoms with Gasteiger partial charge in [-0.05, 0) is 63.7 Å². The minimum atomic E-state index is 0.666. The predicted molar refractivity (Wildman–Crippen MR) is 84.9 cm³/mol. The van der Waals surface area contributed by atoms with E-state index in [1.807, 2.05) is 0 Å². The van der Waals surface area contributed by atoms with Crippen molar-refractivity contribution in [2.24, 2.45) is 5.92 Å². The summed E-state index contributed by atoms with van der Waals surface area (Å²) in [6.07, 6.45) is 6.83. The molecule has 2 aliphatic heterocycles. The van der Waals surface area contributed by atoms with Gasteiger partial charge in [-0.15, -0.1) is 0 Å². The fraction of sp³-hybridized carbons (Fsp3) is 0.667. The highest BCUT2D eigenvalue weighted by Crippen LogP contribution is 2.32. The maximum Gasteiger partial charge on any atom is 0.0348 e. The molecule has 110 valence electrons. The number of likely N-dealkylation sites (tertiary alicyclic amines) is 1. The van der Waals surface area contributed by atoms with Crippen molar-refractivity contribution in [3.63, 3.8) is 0 Å². The van der Waals surface area contributed by atoms with Gasteiger partial charge >= 0.3 is 0 Å². The monoisotopic (exact) mass is 272 g/mol. The van der Waals surface area contributed by atoms with E-state index in [4.69, 9.17) is 0 Å². The van der Waals surface area contributed by atoms with Crippen LogP contribution in [-0.2, 0) is 0 Å². The first-order valence-corrected chi connectivity index (χ1v) is 8.34. The van der Waals surface area contributed by atoms with E-state index in [9.17, 15) is 0 Å². The quantitative estimate of drug-likeness (QED) is 0.905. The summed E-state index contributed by atoms with van der Waals surface area (Å²) in [6, 6.07) is 9.90. The van der Waals surface area contributed by atoms with Gasteiger partial charge in [0.15, 0.2) is 0 Å². The minimum absolute atomic E-state index is 0.666. The van der Waals surface area contributed by atoms with Gasteiger partial charge in [-0.25, -0.2) is 0 Å². The average molecular weight is 272 g/mol. The third-order valence-corrected chi connectivity index (χ3v) is 5.03.